The van der Waals surface area contributed by atoms with Gasteiger partial charge < -0.3 is 19.7 Å². The Bertz CT molecular complexity index is 932. The molecule has 4 atom stereocenters. The molecule has 2 heterocycles. The minimum atomic E-state index is -0.594. The van der Waals surface area contributed by atoms with Crippen LogP contribution in [0.2, 0.25) is 0 Å². The van der Waals surface area contributed by atoms with Gasteiger partial charge in [-0.2, -0.15) is 0 Å². The smallest absolute Gasteiger partial charge is 0.414 e. The van der Waals surface area contributed by atoms with Gasteiger partial charge in [-0.3, -0.25) is 4.90 Å². The number of nitrogens with one attached hydrogen (secondary N) is 1. The predicted octanol–water partition coefficient (Wildman–Crippen LogP) is 3.42. The van der Waals surface area contributed by atoms with Gasteiger partial charge in [0.05, 0.1) is 24.5 Å². The number of fused-ring (bicyclic) bond motifs is 1. The van der Waals surface area contributed by atoms with E-state index in [0.29, 0.717) is 24.5 Å². The average Bonchev–Trinajstić information content (AvgIpc) is 3.03. The zero-order valence-electron chi connectivity index (χ0n) is 17.6. The summed E-state index contributed by atoms with van der Waals surface area (Å²) >= 11 is 0. The summed E-state index contributed by atoms with van der Waals surface area (Å²) < 4.78 is 25.3. The normalized spacial score (nSPS) is 26.8. The van der Waals surface area contributed by atoms with Crippen LogP contribution < -0.4 is 15.1 Å². The largest absolute Gasteiger partial charge is 0.444 e. The molecule has 1 aromatic carbocycles. The highest BCUT2D eigenvalue weighted by Crippen LogP contribution is 2.47. The number of carbonyl (C=O) groups is 2. The fourth-order valence-corrected chi connectivity index (χ4v) is 4.26. The second-order valence-electron chi connectivity index (χ2n) is 9.07. The Kier molecular flexibility index (Phi) is 5.30. The molecule has 0 radical (unpaired) electrons. The molecule has 4 rings (SSSR count). The SMILES string of the molecule is CC(C)(C)OC(=O)NC1[C@H]2CN(c3ccc(N4C[C@H](CN=[N+]=[N-])OC4=O)cc3F)C[C@@H]12. The van der Waals surface area contributed by atoms with Gasteiger partial charge in [-0.1, -0.05) is 5.11 Å². The molecule has 1 aromatic rings. The fraction of sp³-hybridized carbons (Fsp3) is 0.600. The van der Waals surface area contributed by atoms with Crippen molar-refractivity contribution >= 4 is 23.6 Å². The van der Waals surface area contributed by atoms with Crippen LogP contribution in [0.15, 0.2) is 23.3 Å². The molecular formula is C20H25FN6O4. The molecule has 2 aliphatic heterocycles. The maximum atomic E-state index is 14.8. The van der Waals surface area contributed by atoms with E-state index in [0.717, 1.165) is 0 Å². The van der Waals surface area contributed by atoms with Crippen LogP contribution in [0.5, 0.6) is 0 Å². The Morgan fingerprint density at radius 1 is 1.35 bits per heavy atom. The summed E-state index contributed by atoms with van der Waals surface area (Å²) in [7, 11) is 0. The second kappa shape index (κ2) is 7.81. The Hall–Kier alpha value is -3.20. The number of alkyl carbamates (subject to hydrolysis) is 1. The third-order valence-electron chi connectivity index (χ3n) is 5.68. The molecule has 3 fully saturated rings. The number of nitrogens with zero attached hydrogens (tertiary/aromatic N) is 5. The van der Waals surface area contributed by atoms with Gasteiger partial charge in [-0.15, -0.1) is 0 Å². The first-order chi connectivity index (χ1) is 14.7. The van der Waals surface area contributed by atoms with Crippen molar-refractivity contribution in [1.82, 2.24) is 5.32 Å². The van der Waals surface area contributed by atoms with Crippen molar-refractivity contribution in [3.05, 3.63) is 34.5 Å². The highest BCUT2D eigenvalue weighted by molar-refractivity contribution is 5.90. The molecule has 0 aromatic heterocycles. The molecule has 0 spiro atoms. The van der Waals surface area contributed by atoms with Gasteiger partial charge in [-0.05, 0) is 44.5 Å². The fourth-order valence-electron chi connectivity index (χ4n) is 4.26. The van der Waals surface area contributed by atoms with Crippen LogP contribution in [-0.2, 0) is 9.47 Å². The number of hydrogen-bond acceptors (Lipinski definition) is 6. The maximum absolute atomic E-state index is 14.8. The van der Waals surface area contributed by atoms with E-state index in [2.05, 4.69) is 15.3 Å². The highest BCUT2D eigenvalue weighted by atomic mass is 19.1. The first kappa shape index (κ1) is 21.0. The number of halogens is 1. The van der Waals surface area contributed by atoms with Gasteiger partial charge in [0.1, 0.15) is 17.5 Å². The lowest BCUT2D eigenvalue weighted by atomic mass is 10.2. The monoisotopic (exact) mass is 432 g/mol. The van der Waals surface area contributed by atoms with Gasteiger partial charge in [0.2, 0.25) is 0 Å². The van der Waals surface area contributed by atoms with Gasteiger partial charge >= 0.3 is 12.2 Å². The van der Waals surface area contributed by atoms with Crippen LogP contribution in [0.4, 0.5) is 25.4 Å². The van der Waals surface area contributed by atoms with Gasteiger partial charge in [0.25, 0.3) is 0 Å². The van der Waals surface area contributed by atoms with Crippen molar-refractivity contribution in [3.8, 4) is 0 Å². The number of rotatable bonds is 5. The third-order valence-corrected chi connectivity index (χ3v) is 5.68. The van der Waals surface area contributed by atoms with Crippen molar-refractivity contribution in [1.29, 1.82) is 0 Å². The minimum Gasteiger partial charge on any atom is -0.444 e. The summed E-state index contributed by atoms with van der Waals surface area (Å²) in [5, 5.41) is 6.31. The van der Waals surface area contributed by atoms with E-state index >= 15 is 0 Å². The predicted molar refractivity (Wildman–Crippen MR) is 110 cm³/mol. The molecule has 3 aliphatic rings. The topological polar surface area (TPSA) is 120 Å². The van der Waals surface area contributed by atoms with Crippen LogP contribution in [0.25, 0.3) is 10.4 Å². The van der Waals surface area contributed by atoms with Gasteiger partial charge in [0.15, 0.2) is 0 Å². The van der Waals surface area contributed by atoms with E-state index in [4.69, 9.17) is 15.0 Å². The lowest BCUT2D eigenvalue weighted by Crippen LogP contribution is -2.38. The first-order valence-corrected chi connectivity index (χ1v) is 10.2. The summed E-state index contributed by atoms with van der Waals surface area (Å²) in [6, 6.07) is 4.70. The zero-order valence-corrected chi connectivity index (χ0v) is 17.6. The van der Waals surface area contributed by atoms with Crippen molar-refractivity contribution in [2.24, 2.45) is 17.0 Å². The number of carbonyl (C=O) groups excluding carboxylic acids is 2. The lowest BCUT2D eigenvalue weighted by molar-refractivity contribution is 0.0518. The molecule has 10 nitrogen and oxygen atoms in total. The molecule has 31 heavy (non-hydrogen) atoms. The Labute approximate surface area is 178 Å². The summed E-state index contributed by atoms with van der Waals surface area (Å²) in [6.07, 6.45) is -1.57. The molecule has 166 valence electrons. The Morgan fingerprint density at radius 3 is 2.68 bits per heavy atom. The summed E-state index contributed by atoms with van der Waals surface area (Å²) in [4.78, 5) is 29.9. The third kappa shape index (κ3) is 4.46. The van der Waals surface area contributed by atoms with Crippen LogP contribution in [-0.4, -0.2) is 56.1 Å². The Morgan fingerprint density at radius 2 is 2.06 bits per heavy atom. The first-order valence-electron chi connectivity index (χ1n) is 10.2. The number of azide groups is 1. The molecule has 1 unspecified atom stereocenters. The lowest BCUT2D eigenvalue weighted by Gasteiger charge is -2.25. The maximum Gasteiger partial charge on any atom is 0.414 e. The van der Waals surface area contributed by atoms with E-state index in [9.17, 15) is 14.0 Å². The number of benzene rings is 1. The second-order valence-corrected chi connectivity index (χ2v) is 9.07. The van der Waals surface area contributed by atoms with E-state index in [1.807, 2.05) is 25.7 Å². The molecular weight excluding hydrogens is 407 g/mol. The Balaban J connectivity index is 1.34. The minimum absolute atomic E-state index is 0.0361. The molecule has 1 aliphatic carbocycles. The number of cyclic esters (lactones) is 1. The van der Waals surface area contributed by atoms with E-state index in [1.54, 1.807) is 12.1 Å². The van der Waals surface area contributed by atoms with Crippen molar-refractivity contribution in [2.45, 2.75) is 38.5 Å². The number of anilines is 2. The number of piperidine rings is 1. The van der Waals surface area contributed by atoms with Crippen LogP contribution in [0.3, 0.4) is 0 Å². The van der Waals surface area contributed by atoms with E-state index in [1.165, 1.54) is 11.0 Å². The van der Waals surface area contributed by atoms with E-state index in [-0.39, 0.29) is 31.0 Å². The van der Waals surface area contributed by atoms with Crippen molar-refractivity contribution in [3.63, 3.8) is 0 Å². The molecule has 0 bridgehead atoms. The van der Waals surface area contributed by atoms with Crippen LogP contribution in [0, 0.1) is 17.7 Å². The van der Waals surface area contributed by atoms with Crippen molar-refractivity contribution in [2.75, 3.05) is 36.0 Å². The van der Waals surface area contributed by atoms with Gasteiger partial charge in [0, 0.05) is 35.9 Å². The molecule has 1 saturated carbocycles. The number of amides is 2. The molecule has 11 heteroatoms. The summed E-state index contributed by atoms with van der Waals surface area (Å²) in [5.41, 5.74) is 8.70. The van der Waals surface area contributed by atoms with Crippen molar-refractivity contribution < 1.29 is 23.5 Å². The van der Waals surface area contributed by atoms with Crippen LogP contribution in [0.1, 0.15) is 20.8 Å². The average molecular weight is 432 g/mol. The van der Waals surface area contributed by atoms with E-state index < -0.39 is 29.7 Å². The summed E-state index contributed by atoms with van der Waals surface area (Å²) in [6.45, 7) is 6.96. The quantitative estimate of drug-likeness (QED) is 0.434. The number of ether oxygens (including phenoxy) is 2. The number of hydrogen-bond donors (Lipinski definition) is 1. The van der Waals surface area contributed by atoms with Crippen LogP contribution >= 0.6 is 0 Å². The molecule has 2 amide bonds. The molecule has 1 N–H and O–H groups in total. The highest BCUT2D eigenvalue weighted by Gasteiger charge is 2.57. The molecule has 2 saturated heterocycles. The standard InChI is InChI=1S/C20H25FN6O4/c1-20(2,3)31-18(28)24-17-13-9-26(10-14(13)17)16-5-4-11(6-15(16)21)27-8-12(7-23-25-22)30-19(27)29/h4-6,12-14,17H,7-10H2,1-3H3,(H,24,28)/t12-,13-,14+,17?/m0/s1. The van der Waals surface area contributed by atoms with Gasteiger partial charge in [-0.25, -0.2) is 14.0 Å². The summed E-state index contributed by atoms with van der Waals surface area (Å²) in [5.74, 6) is 0.102. The zero-order chi connectivity index (χ0) is 22.3.